The first kappa shape index (κ1) is 14.5. The van der Waals surface area contributed by atoms with Gasteiger partial charge in [0.2, 0.25) is 0 Å². The monoisotopic (exact) mass is 238 g/mol. The molecule has 98 valence electrons. The van der Waals surface area contributed by atoms with Gasteiger partial charge in [-0.2, -0.15) is 0 Å². The summed E-state index contributed by atoms with van der Waals surface area (Å²) in [7, 11) is 0. The number of epoxide rings is 1. The average Bonchev–Trinajstić information content (AvgIpc) is 2.87. The maximum Gasteiger partial charge on any atom is 0.0923 e. The van der Waals surface area contributed by atoms with Crippen LogP contribution in [0.5, 0.6) is 0 Å². The van der Waals surface area contributed by atoms with E-state index >= 15 is 0 Å². The van der Waals surface area contributed by atoms with E-state index in [9.17, 15) is 0 Å². The van der Waals surface area contributed by atoms with Crippen LogP contribution < -0.4 is 0 Å². The van der Waals surface area contributed by atoms with Gasteiger partial charge in [0.1, 0.15) is 0 Å². The highest BCUT2D eigenvalue weighted by molar-refractivity contribution is 5.05. The number of hydrogen-bond donors (Lipinski definition) is 1. The van der Waals surface area contributed by atoms with Gasteiger partial charge in [-0.05, 0) is 53.4 Å². The third kappa shape index (κ3) is 5.05. The van der Waals surface area contributed by atoms with E-state index in [2.05, 4.69) is 33.8 Å². The normalized spacial score (nSPS) is 28.1. The SMILES string of the molecule is CC(C)=CCCC1(C)OC1CCC(C)=CCO. The van der Waals surface area contributed by atoms with Gasteiger partial charge >= 0.3 is 0 Å². The van der Waals surface area contributed by atoms with Crippen molar-refractivity contribution in [3.8, 4) is 0 Å². The fourth-order valence-corrected chi connectivity index (χ4v) is 2.14. The van der Waals surface area contributed by atoms with Crippen LogP contribution in [0.2, 0.25) is 0 Å². The molecule has 1 aliphatic rings. The molecule has 0 amide bonds. The largest absolute Gasteiger partial charge is 0.392 e. The number of rotatable bonds is 7. The predicted molar refractivity (Wildman–Crippen MR) is 72.0 cm³/mol. The van der Waals surface area contributed by atoms with Crippen molar-refractivity contribution in [3.63, 3.8) is 0 Å². The molecule has 1 fully saturated rings. The zero-order chi connectivity index (χ0) is 12.9. The molecule has 1 N–H and O–H groups in total. The summed E-state index contributed by atoms with van der Waals surface area (Å²) >= 11 is 0. The van der Waals surface area contributed by atoms with Gasteiger partial charge in [0.25, 0.3) is 0 Å². The summed E-state index contributed by atoms with van der Waals surface area (Å²) in [6.45, 7) is 8.70. The lowest BCUT2D eigenvalue weighted by molar-refractivity contribution is 0.295. The molecule has 1 aliphatic heterocycles. The molecule has 0 aromatic rings. The van der Waals surface area contributed by atoms with Crippen LogP contribution in [0.25, 0.3) is 0 Å². The first-order valence-corrected chi connectivity index (χ1v) is 6.55. The summed E-state index contributed by atoms with van der Waals surface area (Å²) in [6, 6.07) is 0. The van der Waals surface area contributed by atoms with E-state index in [0.29, 0.717) is 6.10 Å². The summed E-state index contributed by atoms with van der Waals surface area (Å²) < 4.78 is 5.80. The standard InChI is InChI=1S/C15H26O2/c1-12(2)6-5-10-15(4)14(17-15)8-7-13(3)9-11-16/h6,9,14,16H,5,7-8,10-11H2,1-4H3. The van der Waals surface area contributed by atoms with Crippen LogP contribution in [0.1, 0.15) is 53.4 Å². The minimum Gasteiger partial charge on any atom is -0.392 e. The second-order valence-corrected chi connectivity index (χ2v) is 5.51. The van der Waals surface area contributed by atoms with Crippen molar-refractivity contribution in [2.75, 3.05) is 6.61 Å². The van der Waals surface area contributed by atoms with E-state index in [1.807, 2.05) is 6.08 Å². The van der Waals surface area contributed by atoms with Crippen molar-refractivity contribution in [1.82, 2.24) is 0 Å². The van der Waals surface area contributed by atoms with E-state index < -0.39 is 0 Å². The van der Waals surface area contributed by atoms with Gasteiger partial charge in [0.15, 0.2) is 0 Å². The molecule has 0 aliphatic carbocycles. The van der Waals surface area contributed by atoms with E-state index in [4.69, 9.17) is 9.84 Å². The molecular weight excluding hydrogens is 212 g/mol. The first-order chi connectivity index (χ1) is 7.98. The van der Waals surface area contributed by atoms with E-state index in [-0.39, 0.29) is 12.2 Å². The molecule has 2 nitrogen and oxygen atoms in total. The Balaban J connectivity index is 2.22. The molecule has 0 aromatic heterocycles. The Labute approximate surface area is 105 Å². The van der Waals surface area contributed by atoms with Crippen molar-refractivity contribution in [1.29, 1.82) is 0 Å². The minimum atomic E-state index is 0.103. The maximum absolute atomic E-state index is 8.77. The zero-order valence-electron chi connectivity index (χ0n) is 11.6. The molecule has 1 rings (SSSR count). The summed E-state index contributed by atoms with van der Waals surface area (Å²) in [5, 5.41) is 8.77. The molecular formula is C15H26O2. The number of allylic oxidation sites excluding steroid dienone is 3. The van der Waals surface area contributed by atoms with E-state index in [0.717, 1.165) is 25.7 Å². The van der Waals surface area contributed by atoms with E-state index in [1.165, 1.54) is 11.1 Å². The summed E-state index contributed by atoms with van der Waals surface area (Å²) in [5.74, 6) is 0. The molecule has 2 heteroatoms. The van der Waals surface area contributed by atoms with Crippen molar-refractivity contribution >= 4 is 0 Å². The number of aliphatic hydroxyl groups is 1. The van der Waals surface area contributed by atoms with Crippen LogP contribution in [-0.2, 0) is 4.74 Å². The third-order valence-corrected chi connectivity index (χ3v) is 3.47. The highest BCUT2D eigenvalue weighted by Gasteiger charge is 2.50. The molecule has 0 aromatic carbocycles. The molecule has 0 bridgehead atoms. The Morgan fingerprint density at radius 2 is 2.00 bits per heavy atom. The first-order valence-electron chi connectivity index (χ1n) is 6.55. The van der Waals surface area contributed by atoms with Crippen molar-refractivity contribution in [3.05, 3.63) is 23.3 Å². The summed E-state index contributed by atoms with van der Waals surface area (Å²) in [5.41, 5.74) is 2.74. The van der Waals surface area contributed by atoms with Crippen molar-refractivity contribution in [2.45, 2.75) is 65.1 Å². The summed E-state index contributed by atoms with van der Waals surface area (Å²) in [6.07, 6.45) is 8.91. The highest BCUT2D eigenvalue weighted by Crippen LogP contribution is 2.43. The molecule has 1 saturated heterocycles. The molecule has 0 saturated carbocycles. The van der Waals surface area contributed by atoms with Gasteiger partial charge < -0.3 is 9.84 Å². The Hall–Kier alpha value is -0.600. The zero-order valence-corrected chi connectivity index (χ0v) is 11.6. The van der Waals surface area contributed by atoms with Gasteiger partial charge in [0.05, 0.1) is 18.3 Å². The Morgan fingerprint density at radius 1 is 1.29 bits per heavy atom. The van der Waals surface area contributed by atoms with Crippen LogP contribution in [0, 0.1) is 0 Å². The topological polar surface area (TPSA) is 32.8 Å². The Bertz CT molecular complexity index is 300. The summed E-state index contributed by atoms with van der Waals surface area (Å²) in [4.78, 5) is 0. The number of ether oxygens (including phenoxy) is 1. The average molecular weight is 238 g/mol. The van der Waals surface area contributed by atoms with Crippen molar-refractivity contribution in [2.24, 2.45) is 0 Å². The second kappa shape index (κ2) is 6.36. The van der Waals surface area contributed by atoms with Gasteiger partial charge in [-0.25, -0.2) is 0 Å². The van der Waals surface area contributed by atoms with E-state index in [1.54, 1.807) is 0 Å². The Kier molecular flexibility index (Phi) is 5.41. The smallest absolute Gasteiger partial charge is 0.0923 e. The van der Waals surface area contributed by atoms with Crippen LogP contribution in [0.15, 0.2) is 23.3 Å². The predicted octanol–water partition coefficient (Wildman–Crippen LogP) is 3.61. The van der Waals surface area contributed by atoms with Crippen LogP contribution >= 0.6 is 0 Å². The Morgan fingerprint density at radius 3 is 2.59 bits per heavy atom. The van der Waals surface area contributed by atoms with Crippen LogP contribution in [-0.4, -0.2) is 23.4 Å². The molecule has 2 unspecified atom stereocenters. The quantitative estimate of drug-likeness (QED) is 0.543. The van der Waals surface area contributed by atoms with Gasteiger partial charge in [0, 0.05) is 0 Å². The lowest BCUT2D eigenvalue weighted by Gasteiger charge is -2.04. The number of aliphatic hydroxyl groups excluding tert-OH is 1. The lowest BCUT2D eigenvalue weighted by atomic mass is 9.96. The second-order valence-electron chi connectivity index (χ2n) is 5.51. The minimum absolute atomic E-state index is 0.103. The maximum atomic E-state index is 8.77. The molecule has 0 spiro atoms. The molecule has 17 heavy (non-hydrogen) atoms. The fourth-order valence-electron chi connectivity index (χ4n) is 2.14. The molecule has 2 atom stereocenters. The van der Waals surface area contributed by atoms with Gasteiger partial charge in [-0.1, -0.05) is 23.3 Å². The van der Waals surface area contributed by atoms with Crippen molar-refractivity contribution < 1.29 is 9.84 Å². The highest BCUT2D eigenvalue weighted by atomic mass is 16.6. The third-order valence-electron chi connectivity index (χ3n) is 3.47. The van der Waals surface area contributed by atoms with Gasteiger partial charge in [-0.3, -0.25) is 0 Å². The molecule has 1 heterocycles. The van der Waals surface area contributed by atoms with Crippen LogP contribution in [0.4, 0.5) is 0 Å². The van der Waals surface area contributed by atoms with Crippen LogP contribution in [0.3, 0.4) is 0 Å². The lowest BCUT2D eigenvalue weighted by Crippen LogP contribution is -2.09. The van der Waals surface area contributed by atoms with Gasteiger partial charge in [-0.15, -0.1) is 0 Å². The fraction of sp³-hybridized carbons (Fsp3) is 0.733. The number of hydrogen-bond acceptors (Lipinski definition) is 2. The molecule has 0 radical (unpaired) electrons.